The molecule has 0 aliphatic carbocycles. The lowest BCUT2D eigenvalue weighted by molar-refractivity contribution is 0.285. The Labute approximate surface area is 135 Å². The average molecular weight is 323 g/mol. The Kier molecular flexibility index (Phi) is 5.88. The minimum Gasteiger partial charge on any atom is -0.472 e. The summed E-state index contributed by atoms with van der Waals surface area (Å²) in [4.78, 5) is 8.76. The Morgan fingerprint density at radius 2 is 1.90 bits per heavy atom. The van der Waals surface area contributed by atoms with E-state index in [2.05, 4.69) is 23.8 Å². The molecule has 0 N–H and O–H groups in total. The molecule has 0 aliphatic rings. The molecule has 0 saturated heterocycles. The number of thioether (sulfide) groups is 1. The van der Waals surface area contributed by atoms with Crippen LogP contribution >= 0.6 is 23.4 Å². The molecule has 1 heterocycles. The second-order valence-electron chi connectivity index (χ2n) is 5.16. The molecule has 0 saturated carbocycles. The highest BCUT2D eigenvalue weighted by Crippen LogP contribution is 2.29. The third-order valence-electron chi connectivity index (χ3n) is 2.91. The van der Waals surface area contributed by atoms with Crippen LogP contribution < -0.4 is 4.74 Å². The third kappa shape index (κ3) is 4.61. The van der Waals surface area contributed by atoms with Gasteiger partial charge in [-0.1, -0.05) is 67.5 Å². The number of hydrogen-bond donors (Lipinski definition) is 0. The van der Waals surface area contributed by atoms with Gasteiger partial charge < -0.3 is 4.74 Å². The van der Waals surface area contributed by atoms with Crippen molar-refractivity contribution in [3.8, 4) is 5.88 Å². The fraction of sp³-hybridized carbons (Fsp3) is 0.375. The molecule has 0 aliphatic heterocycles. The molecule has 3 nitrogen and oxygen atoms in total. The van der Waals surface area contributed by atoms with Crippen molar-refractivity contribution < 1.29 is 4.74 Å². The molecule has 0 fully saturated rings. The van der Waals surface area contributed by atoms with E-state index in [0.29, 0.717) is 28.7 Å². The number of benzene rings is 1. The molecule has 2 rings (SSSR count). The van der Waals surface area contributed by atoms with Gasteiger partial charge in [0.2, 0.25) is 5.88 Å². The minimum atomic E-state index is 0.463. The lowest BCUT2D eigenvalue weighted by atomic mass is 10.1. The Morgan fingerprint density at radius 3 is 2.52 bits per heavy atom. The minimum absolute atomic E-state index is 0.463. The highest BCUT2D eigenvalue weighted by atomic mass is 35.5. The van der Waals surface area contributed by atoms with Crippen molar-refractivity contribution in [2.24, 2.45) is 5.92 Å². The van der Waals surface area contributed by atoms with Crippen LogP contribution in [0.4, 0.5) is 0 Å². The van der Waals surface area contributed by atoms with E-state index in [1.165, 1.54) is 11.8 Å². The summed E-state index contributed by atoms with van der Waals surface area (Å²) < 4.78 is 5.90. The SMILES string of the molecule is CSc1nc(Cl)c(CC(C)C)c(OCc2ccccc2)n1. The second kappa shape index (κ2) is 7.66. The summed E-state index contributed by atoms with van der Waals surface area (Å²) in [5.74, 6) is 1.06. The van der Waals surface area contributed by atoms with E-state index in [0.717, 1.165) is 17.5 Å². The van der Waals surface area contributed by atoms with Crippen LogP contribution in [0.5, 0.6) is 5.88 Å². The van der Waals surface area contributed by atoms with E-state index in [-0.39, 0.29) is 0 Å². The van der Waals surface area contributed by atoms with Gasteiger partial charge in [-0.15, -0.1) is 0 Å². The smallest absolute Gasteiger partial charge is 0.222 e. The van der Waals surface area contributed by atoms with Gasteiger partial charge in [-0.3, -0.25) is 0 Å². The summed E-state index contributed by atoms with van der Waals surface area (Å²) >= 11 is 7.75. The summed E-state index contributed by atoms with van der Waals surface area (Å²) in [6, 6.07) is 10.0. The van der Waals surface area contributed by atoms with Crippen LogP contribution in [-0.2, 0) is 13.0 Å². The molecule has 0 unspecified atom stereocenters. The molecule has 0 bridgehead atoms. The summed E-state index contributed by atoms with van der Waals surface area (Å²) in [6.45, 7) is 4.76. The zero-order valence-corrected chi connectivity index (χ0v) is 14.0. The molecule has 1 aromatic heterocycles. The van der Waals surface area contributed by atoms with Gasteiger partial charge >= 0.3 is 0 Å². The van der Waals surface area contributed by atoms with Gasteiger partial charge in [-0.25, -0.2) is 4.98 Å². The van der Waals surface area contributed by atoms with E-state index in [1.54, 1.807) is 0 Å². The molecule has 2 aromatic rings. The van der Waals surface area contributed by atoms with E-state index in [9.17, 15) is 0 Å². The molecule has 0 radical (unpaired) electrons. The van der Waals surface area contributed by atoms with E-state index < -0.39 is 0 Å². The lowest BCUT2D eigenvalue weighted by Gasteiger charge is -2.14. The average Bonchev–Trinajstić information content (AvgIpc) is 2.48. The van der Waals surface area contributed by atoms with Crippen LogP contribution in [0.25, 0.3) is 0 Å². The molecule has 0 atom stereocenters. The van der Waals surface area contributed by atoms with Crippen molar-refractivity contribution in [1.82, 2.24) is 9.97 Å². The molecular weight excluding hydrogens is 304 g/mol. The lowest BCUT2D eigenvalue weighted by Crippen LogP contribution is -2.06. The third-order valence-corrected chi connectivity index (χ3v) is 3.77. The van der Waals surface area contributed by atoms with Crippen molar-refractivity contribution >= 4 is 23.4 Å². The monoisotopic (exact) mass is 322 g/mol. The van der Waals surface area contributed by atoms with E-state index in [1.807, 2.05) is 36.6 Å². The second-order valence-corrected chi connectivity index (χ2v) is 6.29. The van der Waals surface area contributed by atoms with E-state index in [4.69, 9.17) is 16.3 Å². The zero-order valence-electron chi connectivity index (χ0n) is 12.5. The Bertz CT molecular complexity index is 590. The maximum absolute atomic E-state index is 6.29. The summed E-state index contributed by atoms with van der Waals surface area (Å²) in [5, 5.41) is 1.13. The highest BCUT2D eigenvalue weighted by Gasteiger charge is 2.15. The molecular formula is C16H19ClN2OS. The topological polar surface area (TPSA) is 35.0 Å². The molecule has 112 valence electrons. The summed E-state index contributed by atoms with van der Waals surface area (Å²) in [5.41, 5.74) is 1.99. The van der Waals surface area contributed by atoms with Crippen LogP contribution in [0.15, 0.2) is 35.5 Å². The van der Waals surface area contributed by atoms with Crippen LogP contribution in [-0.4, -0.2) is 16.2 Å². The van der Waals surface area contributed by atoms with Gasteiger partial charge in [-0.05, 0) is 24.2 Å². The predicted octanol–water partition coefficient (Wildman–Crippen LogP) is 4.63. The number of halogens is 1. The molecule has 0 spiro atoms. The molecule has 0 amide bonds. The van der Waals surface area contributed by atoms with Gasteiger partial charge in [0.1, 0.15) is 11.8 Å². The fourth-order valence-electron chi connectivity index (χ4n) is 1.94. The maximum Gasteiger partial charge on any atom is 0.222 e. The Hall–Kier alpha value is -1.26. The van der Waals surface area contributed by atoms with Gasteiger partial charge in [0.25, 0.3) is 0 Å². The summed E-state index contributed by atoms with van der Waals surface area (Å²) in [6.07, 6.45) is 2.73. The van der Waals surface area contributed by atoms with Crippen molar-refractivity contribution in [2.45, 2.75) is 32.0 Å². The zero-order chi connectivity index (χ0) is 15.2. The Balaban J connectivity index is 2.24. The fourth-order valence-corrected chi connectivity index (χ4v) is 2.58. The number of ether oxygens (including phenoxy) is 1. The molecule has 21 heavy (non-hydrogen) atoms. The first kappa shape index (κ1) is 16.1. The first-order valence-corrected chi connectivity index (χ1v) is 8.47. The van der Waals surface area contributed by atoms with E-state index >= 15 is 0 Å². The standard InChI is InChI=1S/C16H19ClN2OS/c1-11(2)9-13-14(17)18-16(21-3)19-15(13)20-10-12-7-5-4-6-8-12/h4-8,11H,9-10H2,1-3H3. The number of nitrogens with zero attached hydrogens (tertiary/aromatic N) is 2. The van der Waals surface area contributed by atoms with Crippen LogP contribution in [0.2, 0.25) is 5.15 Å². The van der Waals surface area contributed by atoms with Crippen molar-refractivity contribution in [2.75, 3.05) is 6.26 Å². The van der Waals surface area contributed by atoms with Crippen molar-refractivity contribution in [3.05, 3.63) is 46.6 Å². The predicted molar refractivity (Wildman–Crippen MR) is 88.1 cm³/mol. The number of hydrogen-bond acceptors (Lipinski definition) is 4. The van der Waals surface area contributed by atoms with Gasteiger partial charge in [0.15, 0.2) is 5.16 Å². The van der Waals surface area contributed by atoms with Crippen LogP contribution in [0.1, 0.15) is 25.0 Å². The van der Waals surface area contributed by atoms with Gasteiger partial charge in [0.05, 0.1) is 5.56 Å². The molecule has 1 aromatic carbocycles. The maximum atomic E-state index is 6.29. The number of rotatable bonds is 6. The van der Waals surface area contributed by atoms with Gasteiger partial charge in [-0.2, -0.15) is 4.98 Å². The summed E-state index contributed by atoms with van der Waals surface area (Å²) in [7, 11) is 0. The highest BCUT2D eigenvalue weighted by molar-refractivity contribution is 7.98. The Morgan fingerprint density at radius 1 is 1.19 bits per heavy atom. The van der Waals surface area contributed by atoms with Gasteiger partial charge in [0, 0.05) is 0 Å². The first-order chi connectivity index (χ1) is 10.1. The van der Waals surface area contributed by atoms with Crippen LogP contribution in [0.3, 0.4) is 0 Å². The molecule has 5 heteroatoms. The first-order valence-electron chi connectivity index (χ1n) is 6.87. The number of aromatic nitrogens is 2. The normalized spacial score (nSPS) is 10.9. The van der Waals surface area contributed by atoms with Crippen molar-refractivity contribution in [3.63, 3.8) is 0 Å². The van der Waals surface area contributed by atoms with Crippen LogP contribution in [0, 0.1) is 5.92 Å². The largest absolute Gasteiger partial charge is 0.472 e. The quantitative estimate of drug-likeness (QED) is 0.441. The van der Waals surface area contributed by atoms with Crippen molar-refractivity contribution in [1.29, 1.82) is 0 Å².